The molecule has 0 radical (unpaired) electrons. The van der Waals surface area contributed by atoms with Crippen molar-refractivity contribution >= 4 is 5.91 Å². The molecule has 1 aromatic rings. The number of ether oxygens (including phenoxy) is 1. The smallest absolute Gasteiger partial charge is 0.251 e. The molecule has 23 heavy (non-hydrogen) atoms. The Morgan fingerprint density at radius 1 is 1.30 bits per heavy atom. The van der Waals surface area contributed by atoms with Gasteiger partial charge in [-0.3, -0.25) is 4.79 Å². The second-order valence-corrected chi connectivity index (χ2v) is 7.40. The second kappa shape index (κ2) is 8.34. The van der Waals surface area contributed by atoms with Crippen molar-refractivity contribution in [2.45, 2.75) is 47.1 Å². The van der Waals surface area contributed by atoms with Crippen LogP contribution in [-0.4, -0.2) is 44.1 Å². The zero-order valence-corrected chi connectivity index (χ0v) is 15.7. The molecule has 130 valence electrons. The summed E-state index contributed by atoms with van der Waals surface area (Å²) in [7, 11) is 4.11. The first-order valence-electron chi connectivity index (χ1n) is 8.34. The zero-order valence-electron chi connectivity index (χ0n) is 15.7. The first-order chi connectivity index (χ1) is 10.6. The van der Waals surface area contributed by atoms with Crippen LogP contribution in [0, 0.1) is 12.3 Å². The van der Waals surface area contributed by atoms with E-state index < -0.39 is 0 Å². The van der Waals surface area contributed by atoms with E-state index in [1.165, 1.54) is 0 Å². The van der Waals surface area contributed by atoms with Gasteiger partial charge in [0.05, 0.1) is 6.61 Å². The Balaban J connectivity index is 2.84. The van der Waals surface area contributed by atoms with Crippen molar-refractivity contribution in [3.8, 4) is 5.75 Å². The van der Waals surface area contributed by atoms with Crippen LogP contribution >= 0.6 is 0 Å². The van der Waals surface area contributed by atoms with E-state index in [4.69, 9.17) is 4.74 Å². The number of rotatable bonds is 7. The van der Waals surface area contributed by atoms with Gasteiger partial charge in [0.25, 0.3) is 5.91 Å². The predicted octanol–water partition coefficient (Wildman–Crippen LogP) is 3.49. The standard InChI is InChI=1S/C19H32N2O2/c1-8-23-16-10-9-15(13-14(16)2)18(22)20-17(19(3,4)5)11-12-21(6)7/h9-10,13,17H,8,11-12H2,1-7H3,(H,20,22). The van der Waals surface area contributed by atoms with Gasteiger partial charge in [0.2, 0.25) is 0 Å². The highest BCUT2D eigenvalue weighted by molar-refractivity contribution is 5.94. The van der Waals surface area contributed by atoms with Crippen LogP contribution in [0.4, 0.5) is 0 Å². The number of hydrogen-bond acceptors (Lipinski definition) is 3. The molecule has 1 atom stereocenters. The van der Waals surface area contributed by atoms with Crippen molar-refractivity contribution < 1.29 is 9.53 Å². The summed E-state index contributed by atoms with van der Waals surface area (Å²) in [6.07, 6.45) is 0.929. The van der Waals surface area contributed by atoms with E-state index in [0.717, 1.165) is 24.3 Å². The number of benzene rings is 1. The van der Waals surface area contributed by atoms with Crippen LogP contribution in [0.5, 0.6) is 5.75 Å². The fraction of sp³-hybridized carbons (Fsp3) is 0.632. The molecule has 0 heterocycles. The molecular formula is C19H32N2O2. The van der Waals surface area contributed by atoms with E-state index in [0.29, 0.717) is 12.2 Å². The molecular weight excluding hydrogens is 288 g/mol. The molecule has 1 rings (SSSR count). The molecule has 0 fully saturated rings. The Labute approximate surface area is 141 Å². The average Bonchev–Trinajstić information content (AvgIpc) is 2.44. The van der Waals surface area contributed by atoms with Crippen LogP contribution < -0.4 is 10.1 Å². The summed E-state index contributed by atoms with van der Waals surface area (Å²) in [5.74, 6) is 0.818. The highest BCUT2D eigenvalue weighted by Gasteiger charge is 2.26. The van der Waals surface area contributed by atoms with Crippen LogP contribution in [0.1, 0.15) is 50.0 Å². The van der Waals surface area contributed by atoms with Gasteiger partial charge in [-0.05, 0) is 70.1 Å². The van der Waals surface area contributed by atoms with Crippen molar-refractivity contribution in [1.29, 1.82) is 0 Å². The predicted molar refractivity (Wildman–Crippen MR) is 96.2 cm³/mol. The fourth-order valence-corrected chi connectivity index (χ4v) is 2.46. The number of nitrogens with zero attached hydrogens (tertiary/aromatic N) is 1. The lowest BCUT2D eigenvalue weighted by molar-refractivity contribution is 0.0893. The minimum atomic E-state index is -0.0187. The van der Waals surface area contributed by atoms with E-state index in [-0.39, 0.29) is 17.4 Å². The number of carbonyl (C=O) groups is 1. The third-order valence-corrected chi connectivity index (χ3v) is 3.95. The van der Waals surface area contributed by atoms with Gasteiger partial charge in [0.15, 0.2) is 0 Å². The molecule has 0 aliphatic rings. The molecule has 0 saturated carbocycles. The van der Waals surface area contributed by atoms with Gasteiger partial charge in [-0.25, -0.2) is 0 Å². The molecule has 1 unspecified atom stereocenters. The SMILES string of the molecule is CCOc1ccc(C(=O)NC(CCN(C)C)C(C)(C)C)cc1C. The molecule has 1 N–H and O–H groups in total. The summed E-state index contributed by atoms with van der Waals surface area (Å²) in [6, 6.07) is 5.73. The molecule has 0 aliphatic heterocycles. The first-order valence-corrected chi connectivity index (χ1v) is 8.34. The number of carbonyl (C=O) groups excluding carboxylic acids is 1. The Hall–Kier alpha value is -1.55. The third-order valence-electron chi connectivity index (χ3n) is 3.95. The van der Waals surface area contributed by atoms with Crippen molar-refractivity contribution in [2.24, 2.45) is 5.41 Å². The first kappa shape index (κ1) is 19.5. The number of aryl methyl sites for hydroxylation is 1. The van der Waals surface area contributed by atoms with Gasteiger partial charge in [-0.1, -0.05) is 20.8 Å². The molecule has 4 heteroatoms. The quantitative estimate of drug-likeness (QED) is 0.836. The van der Waals surface area contributed by atoms with Gasteiger partial charge in [0.1, 0.15) is 5.75 Å². The highest BCUT2D eigenvalue weighted by atomic mass is 16.5. The van der Waals surface area contributed by atoms with E-state index in [9.17, 15) is 4.79 Å². The monoisotopic (exact) mass is 320 g/mol. The average molecular weight is 320 g/mol. The maximum Gasteiger partial charge on any atom is 0.251 e. The topological polar surface area (TPSA) is 41.6 Å². The molecule has 1 amide bonds. The van der Waals surface area contributed by atoms with Gasteiger partial charge >= 0.3 is 0 Å². The normalized spacial score (nSPS) is 13.0. The van der Waals surface area contributed by atoms with E-state index in [2.05, 4.69) is 45.1 Å². The summed E-state index contributed by atoms with van der Waals surface area (Å²) in [5.41, 5.74) is 1.69. The lowest BCUT2D eigenvalue weighted by atomic mass is 9.84. The largest absolute Gasteiger partial charge is 0.494 e. The summed E-state index contributed by atoms with van der Waals surface area (Å²) in [6.45, 7) is 12.0. The molecule has 0 aliphatic carbocycles. The van der Waals surface area contributed by atoms with Gasteiger partial charge in [-0.15, -0.1) is 0 Å². The lowest BCUT2D eigenvalue weighted by Gasteiger charge is -2.32. The Bertz CT molecular complexity index is 519. The third kappa shape index (κ3) is 6.22. The number of hydrogen-bond donors (Lipinski definition) is 1. The number of amides is 1. The maximum atomic E-state index is 12.6. The highest BCUT2D eigenvalue weighted by Crippen LogP contribution is 2.23. The minimum absolute atomic E-state index is 0.0187. The second-order valence-electron chi connectivity index (χ2n) is 7.40. The Morgan fingerprint density at radius 3 is 2.43 bits per heavy atom. The van der Waals surface area contributed by atoms with Crippen molar-refractivity contribution in [1.82, 2.24) is 10.2 Å². The summed E-state index contributed by atoms with van der Waals surface area (Å²) in [4.78, 5) is 14.7. The van der Waals surface area contributed by atoms with Crippen molar-refractivity contribution in [3.63, 3.8) is 0 Å². The lowest BCUT2D eigenvalue weighted by Crippen LogP contribution is -2.45. The minimum Gasteiger partial charge on any atom is -0.494 e. The fourth-order valence-electron chi connectivity index (χ4n) is 2.46. The molecule has 0 bridgehead atoms. The molecule has 0 saturated heterocycles. The van der Waals surface area contributed by atoms with Gasteiger partial charge in [-0.2, -0.15) is 0 Å². The molecule has 1 aromatic carbocycles. The van der Waals surface area contributed by atoms with E-state index in [1.807, 2.05) is 32.0 Å². The maximum absolute atomic E-state index is 12.6. The van der Waals surface area contributed by atoms with Crippen LogP contribution in [0.25, 0.3) is 0 Å². The molecule has 0 spiro atoms. The van der Waals surface area contributed by atoms with Crippen LogP contribution in [0.3, 0.4) is 0 Å². The van der Waals surface area contributed by atoms with Crippen LogP contribution in [0.15, 0.2) is 18.2 Å². The van der Waals surface area contributed by atoms with Gasteiger partial charge < -0.3 is 15.0 Å². The van der Waals surface area contributed by atoms with E-state index in [1.54, 1.807) is 0 Å². The molecule has 0 aromatic heterocycles. The Morgan fingerprint density at radius 2 is 1.96 bits per heavy atom. The summed E-state index contributed by atoms with van der Waals surface area (Å²) >= 11 is 0. The van der Waals surface area contributed by atoms with E-state index >= 15 is 0 Å². The van der Waals surface area contributed by atoms with Crippen molar-refractivity contribution in [3.05, 3.63) is 29.3 Å². The summed E-state index contributed by atoms with van der Waals surface area (Å²) < 4.78 is 5.53. The molecule has 4 nitrogen and oxygen atoms in total. The zero-order chi connectivity index (χ0) is 17.6. The summed E-state index contributed by atoms with van der Waals surface area (Å²) in [5, 5.41) is 3.20. The van der Waals surface area contributed by atoms with Crippen LogP contribution in [-0.2, 0) is 0 Å². The van der Waals surface area contributed by atoms with Gasteiger partial charge in [0, 0.05) is 11.6 Å². The Kier molecular flexibility index (Phi) is 7.07. The van der Waals surface area contributed by atoms with Crippen LogP contribution in [0.2, 0.25) is 0 Å². The van der Waals surface area contributed by atoms with Crippen molar-refractivity contribution in [2.75, 3.05) is 27.2 Å². The number of nitrogens with one attached hydrogen (secondary N) is 1.